The number of carbonyl (C=O) groups is 2. The Morgan fingerprint density at radius 1 is 1.16 bits per heavy atom. The number of hydrogen-bond donors (Lipinski definition) is 2. The number of imidazole rings is 1. The van der Waals surface area contributed by atoms with Gasteiger partial charge in [-0.2, -0.15) is 9.61 Å². The highest BCUT2D eigenvalue weighted by Gasteiger charge is 2.33. The number of aryl methyl sites for hydroxylation is 1. The van der Waals surface area contributed by atoms with Crippen LogP contribution < -0.4 is 10.2 Å². The fraction of sp³-hybridized carbons (Fsp3) is 0.633. The topological polar surface area (TPSA) is 139 Å². The Labute approximate surface area is 253 Å². The third-order valence-corrected chi connectivity index (χ3v) is 7.13. The highest BCUT2D eigenvalue weighted by atomic mass is 16.6. The second-order valence-corrected chi connectivity index (χ2v) is 13.4. The number of rotatable bonds is 7. The number of aromatic nitrogens is 5. The minimum absolute atomic E-state index is 0.121. The lowest BCUT2D eigenvalue weighted by atomic mass is 9.94. The van der Waals surface area contributed by atoms with E-state index in [9.17, 15) is 14.7 Å². The molecule has 0 aromatic carbocycles. The van der Waals surface area contributed by atoms with Gasteiger partial charge in [0.05, 0.1) is 25.4 Å². The van der Waals surface area contributed by atoms with Gasteiger partial charge in [-0.3, -0.25) is 4.90 Å². The summed E-state index contributed by atoms with van der Waals surface area (Å²) in [7, 11) is 1.87. The quantitative estimate of drug-likeness (QED) is 0.401. The van der Waals surface area contributed by atoms with E-state index in [0.717, 1.165) is 5.56 Å². The zero-order valence-corrected chi connectivity index (χ0v) is 26.8. The molecule has 236 valence electrons. The van der Waals surface area contributed by atoms with Crippen LogP contribution in [0.4, 0.5) is 21.2 Å². The summed E-state index contributed by atoms with van der Waals surface area (Å²) in [5, 5.41) is 18.9. The van der Waals surface area contributed by atoms with Crippen molar-refractivity contribution in [3.63, 3.8) is 0 Å². The molecule has 0 radical (unpaired) electrons. The first-order valence-corrected chi connectivity index (χ1v) is 14.8. The SMILES string of the molecule is CC(C)c1cnn2c(N(Cc3nccn3C)C(=O)OC(C)(C)C)cc(NC[C@H]3CCN(C(=O)OC(C)(C)C)C[C@@H]3O)nc12. The lowest BCUT2D eigenvalue weighted by Crippen LogP contribution is -2.49. The van der Waals surface area contributed by atoms with Crippen LogP contribution in [-0.2, 0) is 23.1 Å². The highest BCUT2D eigenvalue weighted by Crippen LogP contribution is 2.29. The number of aliphatic hydroxyl groups is 1. The number of aliphatic hydroxyl groups excluding tert-OH is 1. The number of hydrogen-bond acceptors (Lipinski definition) is 9. The number of nitrogens with one attached hydrogen (secondary N) is 1. The smallest absolute Gasteiger partial charge is 0.416 e. The van der Waals surface area contributed by atoms with Gasteiger partial charge in [0.1, 0.15) is 28.7 Å². The van der Waals surface area contributed by atoms with E-state index in [-0.39, 0.29) is 24.9 Å². The van der Waals surface area contributed by atoms with Crippen molar-refractivity contribution in [1.82, 2.24) is 29.0 Å². The Balaban J connectivity index is 1.63. The summed E-state index contributed by atoms with van der Waals surface area (Å²) in [5.74, 6) is 1.68. The number of nitrogens with zero attached hydrogens (tertiary/aromatic N) is 7. The van der Waals surface area contributed by atoms with Gasteiger partial charge < -0.3 is 29.4 Å². The second kappa shape index (κ2) is 12.4. The van der Waals surface area contributed by atoms with Crippen molar-refractivity contribution < 1.29 is 24.2 Å². The van der Waals surface area contributed by atoms with E-state index in [1.807, 2.05) is 59.4 Å². The summed E-state index contributed by atoms with van der Waals surface area (Å²) in [4.78, 5) is 38.5. The minimum Gasteiger partial charge on any atom is -0.444 e. The largest absolute Gasteiger partial charge is 0.444 e. The van der Waals surface area contributed by atoms with Crippen molar-refractivity contribution in [1.29, 1.82) is 0 Å². The molecule has 3 aromatic heterocycles. The number of carbonyl (C=O) groups excluding carboxylic acids is 2. The molecule has 2 atom stereocenters. The first-order chi connectivity index (χ1) is 20.0. The van der Waals surface area contributed by atoms with Crippen LogP contribution in [0.25, 0.3) is 5.65 Å². The fourth-order valence-electron chi connectivity index (χ4n) is 4.85. The number of anilines is 2. The van der Waals surface area contributed by atoms with Crippen molar-refractivity contribution in [2.45, 2.75) is 91.6 Å². The average Bonchev–Trinajstić information content (AvgIpc) is 3.50. The molecular weight excluding hydrogens is 552 g/mol. The van der Waals surface area contributed by atoms with Gasteiger partial charge in [0, 0.05) is 50.1 Å². The first kappa shape index (κ1) is 32.1. The third kappa shape index (κ3) is 7.95. The number of piperidine rings is 1. The van der Waals surface area contributed by atoms with E-state index >= 15 is 0 Å². The Morgan fingerprint density at radius 2 is 1.86 bits per heavy atom. The van der Waals surface area contributed by atoms with Crippen molar-refractivity contribution in [2.24, 2.45) is 13.0 Å². The molecule has 1 fully saturated rings. The van der Waals surface area contributed by atoms with Crippen molar-refractivity contribution >= 4 is 29.5 Å². The summed E-state index contributed by atoms with van der Waals surface area (Å²) in [6.45, 7) is 16.3. The van der Waals surface area contributed by atoms with Gasteiger partial charge in [0.25, 0.3) is 0 Å². The molecule has 13 nitrogen and oxygen atoms in total. The standard InChI is InChI=1S/C30H46N8O5/c1-19(2)21-16-33-38-25(37(28(41)43-30(6,7)8)18-24-31-11-13-35(24)9)14-23(34-26(21)38)32-15-20-10-12-36(17-22(20)39)27(40)42-29(3,4)5/h11,13-14,16,19-20,22,39H,10,12,15,17-18H2,1-9H3,(H,32,34)/t20-,22+/m1/s1. The molecule has 1 saturated heterocycles. The number of amides is 2. The van der Waals surface area contributed by atoms with Crippen LogP contribution in [0, 0.1) is 5.92 Å². The molecule has 1 aliphatic rings. The van der Waals surface area contributed by atoms with Gasteiger partial charge in [-0.15, -0.1) is 0 Å². The fourth-order valence-corrected chi connectivity index (χ4v) is 4.85. The summed E-state index contributed by atoms with van der Waals surface area (Å²) in [6.07, 6.45) is 4.16. The van der Waals surface area contributed by atoms with E-state index in [0.29, 0.717) is 42.6 Å². The van der Waals surface area contributed by atoms with Crippen LogP contribution in [0.3, 0.4) is 0 Å². The maximum atomic E-state index is 13.6. The first-order valence-electron chi connectivity index (χ1n) is 14.8. The van der Waals surface area contributed by atoms with Crippen molar-refractivity contribution in [3.05, 3.63) is 36.0 Å². The molecule has 2 N–H and O–H groups in total. The number of fused-ring (bicyclic) bond motifs is 1. The Morgan fingerprint density at radius 3 is 2.44 bits per heavy atom. The van der Waals surface area contributed by atoms with E-state index in [4.69, 9.17) is 14.5 Å². The van der Waals surface area contributed by atoms with E-state index in [1.165, 1.54) is 4.90 Å². The Kier molecular flexibility index (Phi) is 9.24. The van der Waals surface area contributed by atoms with Gasteiger partial charge >= 0.3 is 12.2 Å². The van der Waals surface area contributed by atoms with Crippen LogP contribution >= 0.6 is 0 Å². The van der Waals surface area contributed by atoms with Crippen molar-refractivity contribution in [2.75, 3.05) is 29.9 Å². The van der Waals surface area contributed by atoms with Gasteiger partial charge in [-0.1, -0.05) is 13.8 Å². The van der Waals surface area contributed by atoms with E-state index < -0.39 is 29.5 Å². The van der Waals surface area contributed by atoms with Gasteiger partial charge in [-0.05, 0) is 53.9 Å². The lowest BCUT2D eigenvalue weighted by molar-refractivity contribution is -0.0104. The van der Waals surface area contributed by atoms with Crippen LogP contribution in [-0.4, -0.2) is 83.3 Å². The normalized spacial score (nSPS) is 17.8. The molecule has 0 aliphatic carbocycles. The van der Waals surface area contributed by atoms with E-state index in [1.54, 1.807) is 27.9 Å². The molecule has 0 spiro atoms. The second-order valence-electron chi connectivity index (χ2n) is 13.4. The number of ether oxygens (including phenoxy) is 2. The lowest BCUT2D eigenvalue weighted by Gasteiger charge is -2.36. The van der Waals surface area contributed by atoms with Crippen LogP contribution in [0.5, 0.6) is 0 Å². The Hall–Kier alpha value is -3.87. The van der Waals surface area contributed by atoms with E-state index in [2.05, 4.69) is 29.2 Å². The molecule has 2 amide bonds. The molecule has 43 heavy (non-hydrogen) atoms. The average molecular weight is 599 g/mol. The van der Waals surface area contributed by atoms with Crippen LogP contribution in [0.15, 0.2) is 24.7 Å². The predicted octanol–water partition coefficient (Wildman–Crippen LogP) is 4.56. The summed E-state index contributed by atoms with van der Waals surface area (Å²) < 4.78 is 14.8. The molecular formula is C30H46N8O5. The zero-order valence-electron chi connectivity index (χ0n) is 26.8. The number of likely N-dealkylation sites (tertiary alicyclic amines) is 1. The summed E-state index contributed by atoms with van der Waals surface area (Å²) in [5.41, 5.74) is 0.219. The minimum atomic E-state index is -0.736. The molecule has 4 rings (SSSR count). The van der Waals surface area contributed by atoms with Gasteiger partial charge in [0.15, 0.2) is 5.65 Å². The van der Waals surface area contributed by atoms with Crippen LogP contribution in [0.2, 0.25) is 0 Å². The van der Waals surface area contributed by atoms with Gasteiger partial charge in [0.2, 0.25) is 0 Å². The predicted molar refractivity (Wildman–Crippen MR) is 163 cm³/mol. The maximum absolute atomic E-state index is 13.6. The third-order valence-electron chi connectivity index (χ3n) is 7.13. The monoisotopic (exact) mass is 598 g/mol. The van der Waals surface area contributed by atoms with Gasteiger partial charge in [-0.25, -0.2) is 19.6 Å². The number of β-amino-alcohol motifs (C(OH)–C–C–N with tert-alkyl or cyclic N) is 1. The highest BCUT2D eigenvalue weighted by molar-refractivity contribution is 5.87. The molecule has 0 unspecified atom stereocenters. The maximum Gasteiger partial charge on any atom is 0.416 e. The summed E-state index contributed by atoms with van der Waals surface area (Å²) in [6, 6.07) is 1.76. The Bertz CT molecular complexity index is 1430. The van der Waals surface area contributed by atoms with Crippen LogP contribution in [0.1, 0.15) is 79.1 Å². The molecule has 3 aromatic rings. The van der Waals surface area contributed by atoms with Crippen molar-refractivity contribution in [3.8, 4) is 0 Å². The molecule has 13 heteroatoms. The molecule has 0 bridgehead atoms. The molecule has 4 heterocycles. The summed E-state index contributed by atoms with van der Waals surface area (Å²) >= 11 is 0. The molecule has 1 aliphatic heterocycles. The molecule has 0 saturated carbocycles. The zero-order chi connectivity index (χ0) is 31.7.